The van der Waals surface area contributed by atoms with Gasteiger partial charge in [0.1, 0.15) is 0 Å². The third-order valence-electron chi connectivity index (χ3n) is 2.50. The summed E-state index contributed by atoms with van der Waals surface area (Å²) in [4.78, 5) is 15.8. The summed E-state index contributed by atoms with van der Waals surface area (Å²) in [6.07, 6.45) is 0. The van der Waals surface area contributed by atoms with Crippen molar-refractivity contribution < 1.29 is 9.53 Å². The van der Waals surface area contributed by atoms with Gasteiger partial charge in [0, 0.05) is 0 Å². The third-order valence-corrected chi connectivity index (χ3v) is 4.76. The molecule has 0 fully saturated rings. The first-order chi connectivity index (χ1) is 9.63. The van der Waals surface area contributed by atoms with E-state index in [1.165, 1.54) is 0 Å². The first kappa shape index (κ1) is 14.8. The second kappa shape index (κ2) is 6.71. The molecule has 0 radical (unpaired) electrons. The number of benzene rings is 1. The van der Waals surface area contributed by atoms with Crippen LogP contribution in [0.2, 0.25) is 10.3 Å². The van der Waals surface area contributed by atoms with Crippen LogP contribution < -0.4 is 4.59 Å². The van der Waals surface area contributed by atoms with E-state index in [4.69, 9.17) is 16.3 Å². The van der Waals surface area contributed by atoms with Crippen LogP contribution in [0.1, 0.15) is 12.5 Å². The van der Waals surface area contributed by atoms with Crippen LogP contribution in [0, 0.1) is 11.3 Å². The van der Waals surface area contributed by atoms with E-state index >= 15 is 0 Å². The number of pyridine rings is 1. The zero-order chi connectivity index (χ0) is 14.5. The average molecular weight is 354 g/mol. The summed E-state index contributed by atoms with van der Waals surface area (Å²) < 4.78 is 5.54. The van der Waals surface area contributed by atoms with Crippen LogP contribution >= 0.6 is 11.6 Å². The summed E-state index contributed by atoms with van der Waals surface area (Å²) in [7, 11) is 0. The minimum absolute atomic E-state index is 0.228. The van der Waals surface area contributed by atoms with Crippen LogP contribution in [-0.2, 0) is 9.53 Å². The molecule has 1 heterocycles. The van der Waals surface area contributed by atoms with Crippen LogP contribution in [0.3, 0.4) is 0 Å². The van der Waals surface area contributed by atoms with E-state index in [0.717, 1.165) is 10.9 Å². The molecule has 102 valence electrons. The summed E-state index contributed by atoms with van der Waals surface area (Å²) in [6.45, 7) is 2.13. The monoisotopic (exact) mass is 354 g/mol. The molecule has 0 spiro atoms. The molecule has 0 aliphatic rings. The van der Waals surface area contributed by atoms with Crippen molar-refractivity contribution in [3.63, 3.8) is 0 Å². The molecule has 6 heteroatoms. The van der Waals surface area contributed by atoms with Gasteiger partial charge in [0.25, 0.3) is 0 Å². The molecule has 0 atom stereocenters. The van der Waals surface area contributed by atoms with Crippen molar-refractivity contribution in [3.8, 4) is 6.07 Å². The van der Waals surface area contributed by atoms with Gasteiger partial charge in [0.15, 0.2) is 0 Å². The van der Waals surface area contributed by atoms with Crippen molar-refractivity contribution in [3.05, 3.63) is 34.9 Å². The Hall–Kier alpha value is -1.60. The van der Waals surface area contributed by atoms with Gasteiger partial charge in [-0.25, -0.2) is 0 Å². The van der Waals surface area contributed by atoms with Crippen molar-refractivity contribution in [2.24, 2.45) is 0 Å². The number of aromatic nitrogens is 1. The molecular formula is C14H11ClN2O2Se. The van der Waals surface area contributed by atoms with Crippen molar-refractivity contribution in [1.82, 2.24) is 4.98 Å². The molecule has 0 bridgehead atoms. The summed E-state index contributed by atoms with van der Waals surface area (Å²) in [5.41, 5.74) is 1.24. The van der Waals surface area contributed by atoms with Crippen molar-refractivity contribution in [1.29, 1.82) is 5.26 Å². The van der Waals surface area contributed by atoms with Crippen LogP contribution in [-0.4, -0.2) is 32.5 Å². The predicted molar refractivity (Wildman–Crippen MR) is 78.3 cm³/mol. The molecular weight excluding hydrogens is 343 g/mol. The Morgan fingerprint density at radius 1 is 1.50 bits per heavy atom. The van der Waals surface area contributed by atoms with E-state index in [-0.39, 0.29) is 26.2 Å². The standard InChI is InChI=1S/C14H11ClN2O2Se/c1-2-19-13(18)8-20-14-10(7-16)5-9-3-4-11(15)6-12(9)17-14/h3-6H,2,8H2,1H3. The van der Waals surface area contributed by atoms with E-state index in [1.807, 2.05) is 6.07 Å². The Morgan fingerprint density at radius 2 is 2.30 bits per heavy atom. The number of rotatable bonds is 4. The van der Waals surface area contributed by atoms with Crippen LogP contribution in [0.25, 0.3) is 10.9 Å². The predicted octanol–water partition coefficient (Wildman–Crippen LogP) is 2.07. The van der Waals surface area contributed by atoms with Gasteiger partial charge in [0.2, 0.25) is 0 Å². The Balaban J connectivity index is 2.31. The van der Waals surface area contributed by atoms with Gasteiger partial charge in [-0.15, -0.1) is 0 Å². The molecule has 0 saturated carbocycles. The number of esters is 1. The van der Waals surface area contributed by atoms with Gasteiger partial charge >= 0.3 is 128 Å². The SMILES string of the molecule is CCOC(=O)C[Se]c1nc2cc(Cl)ccc2cc1C#N. The maximum atomic E-state index is 11.4. The number of carbonyl (C=O) groups excluding carboxylic acids is 1. The van der Waals surface area contributed by atoms with Crippen LogP contribution in [0.5, 0.6) is 0 Å². The molecule has 1 aromatic heterocycles. The Labute approximate surface area is 127 Å². The number of nitriles is 1. The molecule has 4 nitrogen and oxygen atoms in total. The topological polar surface area (TPSA) is 63.0 Å². The summed E-state index contributed by atoms with van der Waals surface area (Å²) >= 11 is 5.71. The first-order valence-corrected chi connectivity index (χ1v) is 8.37. The normalized spacial score (nSPS) is 10.2. The Kier molecular flexibility index (Phi) is 4.97. The van der Waals surface area contributed by atoms with Crippen LogP contribution in [0.15, 0.2) is 24.3 Å². The fourth-order valence-corrected chi connectivity index (χ4v) is 3.41. The van der Waals surface area contributed by atoms with E-state index in [1.54, 1.807) is 25.1 Å². The average Bonchev–Trinajstić information content (AvgIpc) is 2.44. The number of carbonyl (C=O) groups is 1. The van der Waals surface area contributed by atoms with E-state index < -0.39 is 0 Å². The zero-order valence-corrected chi connectivity index (χ0v) is 13.2. The zero-order valence-electron chi connectivity index (χ0n) is 10.7. The van der Waals surface area contributed by atoms with Gasteiger partial charge in [-0.1, -0.05) is 0 Å². The van der Waals surface area contributed by atoms with Gasteiger partial charge in [0.05, 0.1) is 0 Å². The van der Waals surface area contributed by atoms with Crippen LogP contribution in [0.4, 0.5) is 0 Å². The van der Waals surface area contributed by atoms with Gasteiger partial charge in [-0.05, 0) is 0 Å². The number of hydrogen-bond donors (Lipinski definition) is 0. The molecule has 0 amide bonds. The second-order valence-electron chi connectivity index (χ2n) is 3.88. The molecule has 2 rings (SSSR count). The first-order valence-electron chi connectivity index (χ1n) is 5.93. The van der Waals surface area contributed by atoms with Gasteiger partial charge in [-0.2, -0.15) is 0 Å². The number of halogens is 1. The fraction of sp³-hybridized carbons (Fsp3) is 0.214. The quantitative estimate of drug-likeness (QED) is 0.623. The summed E-state index contributed by atoms with van der Waals surface area (Å²) in [5.74, 6) is -0.260. The van der Waals surface area contributed by atoms with E-state index in [9.17, 15) is 10.1 Å². The summed E-state index contributed by atoms with van der Waals surface area (Å²) in [5, 5.41) is 10.9. The number of hydrogen-bond acceptors (Lipinski definition) is 4. The Morgan fingerprint density at radius 3 is 3.00 bits per heavy atom. The maximum absolute atomic E-state index is 11.4. The number of ether oxygens (including phenoxy) is 1. The molecule has 20 heavy (non-hydrogen) atoms. The molecule has 1 aromatic carbocycles. The van der Waals surface area contributed by atoms with Crippen molar-refractivity contribution in [2.75, 3.05) is 6.61 Å². The Bertz CT molecular complexity index is 697. The molecule has 0 N–H and O–H groups in total. The van der Waals surface area contributed by atoms with Gasteiger partial charge in [-0.3, -0.25) is 0 Å². The van der Waals surface area contributed by atoms with Crippen molar-refractivity contribution in [2.45, 2.75) is 12.2 Å². The molecule has 0 saturated heterocycles. The third kappa shape index (κ3) is 3.49. The number of fused-ring (bicyclic) bond motifs is 1. The second-order valence-corrected chi connectivity index (χ2v) is 6.34. The number of nitrogens with zero attached hydrogens (tertiary/aromatic N) is 2. The van der Waals surface area contributed by atoms with E-state index in [2.05, 4.69) is 11.1 Å². The van der Waals surface area contributed by atoms with Crippen molar-refractivity contribution >= 4 is 48.0 Å². The van der Waals surface area contributed by atoms with E-state index in [0.29, 0.717) is 21.8 Å². The summed E-state index contributed by atoms with van der Waals surface area (Å²) in [6, 6.07) is 9.24. The molecule has 2 aromatic rings. The molecule has 0 aliphatic heterocycles. The van der Waals surface area contributed by atoms with Gasteiger partial charge < -0.3 is 0 Å². The molecule has 0 unspecified atom stereocenters. The molecule has 0 aliphatic carbocycles. The minimum atomic E-state index is -0.260. The fourth-order valence-electron chi connectivity index (χ4n) is 1.64.